The second kappa shape index (κ2) is 4.53. The third kappa shape index (κ3) is 2.33. The molecule has 0 amide bonds. The third-order valence-electron chi connectivity index (χ3n) is 2.14. The van der Waals surface area contributed by atoms with Crippen LogP contribution in [0, 0.1) is 5.82 Å². The van der Waals surface area contributed by atoms with E-state index in [9.17, 15) is 4.39 Å². The van der Waals surface area contributed by atoms with Crippen LogP contribution >= 0.6 is 15.9 Å². The first-order valence-electron chi connectivity index (χ1n) is 4.73. The molecule has 0 aliphatic carbocycles. The van der Waals surface area contributed by atoms with Crippen LogP contribution < -0.4 is 11.1 Å². The highest BCUT2D eigenvalue weighted by atomic mass is 79.9. The summed E-state index contributed by atoms with van der Waals surface area (Å²) in [7, 11) is 0. The van der Waals surface area contributed by atoms with Crippen LogP contribution in [-0.4, -0.2) is 0 Å². The highest BCUT2D eigenvalue weighted by Crippen LogP contribution is 2.27. The van der Waals surface area contributed by atoms with E-state index < -0.39 is 0 Å². The molecule has 0 spiro atoms. The van der Waals surface area contributed by atoms with Gasteiger partial charge in [-0.1, -0.05) is 12.1 Å². The number of hydrogen-bond donors (Lipinski definition) is 2. The van der Waals surface area contributed by atoms with Crippen molar-refractivity contribution in [2.24, 2.45) is 0 Å². The van der Waals surface area contributed by atoms with E-state index in [1.54, 1.807) is 12.1 Å². The van der Waals surface area contributed by atoms with Crippen molar-refractivity contribution in [1.82, 2.24) is 0 Å². The monoisotopic (exact) mass is 280 g/mol. The quantitative estimate of drug-likeness (QED) is 0.819. The van der Waals surface area contributed by atoms with Crippen molar-refractivity contribution in [3.05, 3.63) is 52.8 Å². The number of anilines is 3. The minimum absolute atomic E-state index is 0.365. The fourth-order valence-electron chi connectivity index (χ4n) is 1.34. The average Bonchev–Trinajstić information content (AvgIpc) is 2.25. The van der Waals surface area contributed by atoms with Crippen LogP contribution in [0.4, 0.5) is 21.5 Å². The lowest BCUT2D eigenvalue weighted by Crippen LogP contribution is -1.95. The fourth-order valence-corrected chi connectivity index (χ4v) is 1.72. The molecule has 16 heavy (non-hydrogen) atoms. The van der Waals surface area contributed by atoms with Gasteiger partial charge in [0.15, 0.2) is 0 Å². The predicted molar refractivity (Wildman–Crippen MR) is 68.2 cm³/mol. The van der Waals surface area contributed by atoms with Crippen LogP contribution in [0.15, 0.2) is 46.9 Å². The van der Waals surface area contributed by atoms with Crippen LogP contribution in [0.3, 0.4) is 0 Å². The van der Waals surface area contributed by atoms with Gasteiger partial charge in [-0.2, -0.15) is 0 Å². The maximum Gasteiger partial charge on any atom is 0.148 e. The van der Waals surface area contributed by atoms with Crippen molar-refractivity contribution in [1.29, 1.82) is 0 Å². The molecule has 0 fully saturated rings. The van der Waals surface area contributed by atoms with E-state index in [1.807, 2.05) is 24.3 Å². The number of para-hydroxylation sites is 1. The standard InChI is InChI=1S/C12H10BrFN2/c13-9-3-1-2-4-11(9)16-12-6-5-8(15)7-10(12)14/h1-7,16H,15H2. The van der Waals surface area contributed by atoms with Gasteiger partial charge in [0.05, 0.1) is 11.4 Å². The first-order chi connectivity index (χ1) is 7.66. The SMILES string of the molecule is Nc1ccc(Nc2ccccc2Br)c(F)c1. The van der Waals surface area contributed by atoms with Crippen LogP contribution in [0.2, 0.25) is 0 Å². The zero-order valence-corrected chi connectivity index (χ0v) is 9.96. The van der Waals surface area contributed by atoms with Crippen molar-refractivity contribution >= 4 is 33.0 Å². The summed E-state index contributed by atoms with van der Waals surface area (Å²) in [6.45, 7) is 0. The van der Waals surface area contributed by atoms with E-state index >= 15 is 0 Å². The van der Waals surface area contributed by atoms with E-state index in [2.05, 4.69) is 21.2 Å². The lowest BCUT2D eigenvalue weighted by molar-refractivity contribution is 0.632. The number of benzene rings is 2. The minimum Gasteiger partial charge on any atom is -0.399 e. The van der Waals surface area contributed by atoms with Gasteiger partial charge in [0.1, 0.15) is 5.82 Å². The van der Waals surface area contributed by atoms with Crippen LogP contribution in [0.25, 0.3) is 0 Å². The van der Waals surface area contributed by atoms with Crippen molar-refractivity contribution in [2.45, 2.75) is 0 Å². The van der Waals surface area contributed by atoms with Gasteiger partial charge in [0, 0.05) is 10.2 Å². The number of hydrogen-bond acceptors (Lipinski definition) is 2. The van der Waals surface area contributed by atoms with Gasteiger partial charge >= 0.3 is 0 Å². The molecule has 0 radical (unpaired) electrons. The zero-order chi connectivity index (χ0) is 11.5. The lowest BCUT2D eigenvalue weighted by Gasteiger charge is -2.09. The van der Waals surface area contributed by atoms with Crippen LogP contribution in [0.5, 0.6) is 0 Å². The van der Waals surface area contributed by atoms with Crippen molar-refractivity contribution in [3.8, 4) is 0 Å². The molecule has 0 saturated heterocycles. The van der Waals surface area contributed by atoms with E-state index in [4.69, 9.17) is 5.73 Å². The maximum atomic E-state index is 13.5. The molecule has 2 aromatic carbocycles. The summed E-state index contributed by atoms with van der Waals surface area (Å²) in [6, 6.07) is 12.1. The number of nitrogens with two attached hydrogens (primary N) is 1. The first kappa shape index (κ1) is 11.0. The molecule has 3 N–H and O–H groups in total. The predicted octanol–water partition coefficient (Wildman–Crippen LogP) is 3.91. The molecular weight excluding hydrogens is 271 g/mol. The van der Waals surface area contributed by atoms with Crippen LogP contribution in [-0.2, 0) is 0 Å². The van der Waals surface area contributed by atoms with E-state index in [1.165, 1.54) is 6.07 Å². The average molecular weight is 281 g/mol. The minimum atomic E-state index is -0.365. The van der Waals surface area contributed by atoms with Gasteiger partial charge in [-0.05, 0) is 46.3 Å². The Labute approximate surface area is 101 Å². The second-order valence-corrected chi connectivity index (χ2v) is 4.20. The summed E-state index contributed by atoms with van der Waals surface area (Å²) in [5.74, 6) is -0.365. The number of nitrogen functional groups attached to an aromatic ring is 1. The molecule has 0 bridgehead atoms. The molecule has 2 rings (SSSR count). The van der Waals surface area contributed by atoms with Gasteiger partial charge in [-0.15, -0.1) is 0 Å². The topological polar surface area (TPSA) is 38.0 Å². The van der Waals surface area contributed by atoms with Crippen molar-refractivity contribution < 1.29 is 4.39 Å². The van der Waals surface area contributed by atoms with Gasteiger partial charge in [-0.25, -0.2) is 4.39 Å². The second-order valence-electron chi connectivity index (χ2n) is 3.34. The van der Waals surface area contributed by atoms with Gasteiger partial charge < -0.3 is 11.1 Å². The largest absolute Gasteiger partial charge is 0.399 e. The van der Waals surface area contributed by atoms with Gasteiger partial charge in [-0.3, -0.25) is 0 Å². The Bertz CT molecular complexity index is 514. The summed E-state index contributed by atoms with van der Waals surface area (Å²) in [5, 5.41) is 2.99. The number of nitrogens with one attached hydrogen (secondary N) is 1. The fraction of sp³-hybridized carbons (Fsp3) is 0. The van der Waals surface area contributed by atoms with E-state index in [-0.39, 0.29) is 5.82 Å². The molecule has 0 atom stereocenters. The zero-order valence-electron chi connectivity index (χ0n) is 8.37. The Morgan fingerprint density at radius 2 is 1.81 bits per heavy atom. The molecule has 82 valence electrons. The summed E-state index contributed by atoms with van der Waals surface area (Å²) >= 11 is 3.38. The van der Waals surface area contributed by atoms with Crippen LogP contribution in [0.1, 0.15) is 0 Å². The Hall–Kier alpha value is -1.55. The Balaban J connectivity index is 2.31. The molecule has 0 aliphatic heterocycles. The van der Waals surface area contributed by atoms with Crippen molar-refractivity contribution in [3.63, 3.8) is 0 Å². The Kier molecular flexibility index (Phi) is 3.10. The normalized spacial score (nSPS) is 10.1. The molecule has 0 unspecified atom stereocenters. The lowest BCUT2D eigenvalue weighted by atomic mass is 10.2. The summed E-state index contributed by atoms with van der Waals surface area (Å²) in [6.07, 6.45) is 0. The third-order valence-corrected chi connectivity index (χ3v) is 2.83. The van der Waals surface area contributed by atoms with Crippen molar-refractivity contribution in [2.75, 3.05) is 11.1 Å². The molecule has 0 aromatic heterocycles. The molecule has 4 heteroatoms. The molecule has 0 heterocycles. The summed E-state index contributed by atoms with van der Waals surface area (Å²) in [5.41, 5.74) is 7.10. The first-order valence-corrected chi connectivity index (χ1v) is 5.53. The molecule has 2 nitrogen and oxygen atoms in total. The Morgan fingerprint density at radius 1 is 1.06 bits per heavy atom. The maximum absolute atomic E-state index is 13.5. The highest BCUT2D eigenvalue weighted by Gasteiger charge is 2.04. The number of halogens is 2. The van der Waals surface area contributed by atoms with Gasteiger partial charge in [0.25, 0.3) is 0 Å². The molecule has 0 aliphatic rings. The van der Waals surface area contributed by atoms with Gasteiger partial charge in [0.2, 0.25) is 0 Å². The van der Waals surface area contributed by atoms with E-state index in [0.717, 1.165) is 10.2 Å². The highest BCUT2D eigenvalue weighted by molar-refractivity contribution is 9.10. The Morgan fingerprint density at radius 3 is 2.50 bits per heavy atom. The summed E-state index contributed by atoms with van der Waals surface area (Å²) < 4.78 is 14.4. The summed E-state index contributed by atoms with van der Waals surface area (Å²) in [4.78, 5) is 0. The smallest absolute Gasteiger partial charge is 0.148 e. The molecule has 2 aromatic rings. The molecule has 0 saturated carbocycles. The number of rotatable bonds is 2. The van der Waals surface area contributed by atoms with E-state index in [0.29, 0.717) is 11.4 Å². The molecular formula is C12H10BrFN2.